The van der Waals surface area contributed by atoms with Crippen LogP contribution in [0.4, 0.5) is 5.13 Å². The summed E-state index contributed by atoms with van der Waals surface area (Å²) in [5.41, 5.74) is 0.650. The molecule has 0 saturated heterocycles. The molecule has 102 valence electrons. The van der Waals surface area contributed by atoms with Crippen molar-refractivity contribution in [3.05, 3.63) is 30.0 Å². The molecule has 2 aromatic heterocycles. The summed E-state index contributed by atoms with van der Waals surface area (Å²) in [5, 5.41) is 15.5. The number of benzene rings is 1. The minimum absolute atomic E-state index is 0.181. The third kappa shape index (κ3) is 2.52. The van der Waals surface area contributed by atoms with E-state index in [0.29, 0.717) is 16.0 Å². The molecule has 0 fully saturated rings. The van der Waals surface area contributed by atoms with Crippen molar-refractivity contribution in [3.8, 4) is 0 Å². The van der Waals surface area contributed by atoms with Crippen LogP contribution in [0.1, 0.15) is 17.5 Å². The molecule has 0 aliphatic carbocycles. The Morgan fingerprint density at radius 2 is 2.25 bits per heavy atom. The lowest BCUT2D eigenvalue weighted by molar-refractivity contribution is 0.0990. The molecule has 8 heteroatoms. The first kappa shape index (κ1) is 13.1. The fraction of sp³-hybridized carbons (Fsp3) is 0.167. The van der Waals surface area contributed by atoms with E-state index in [1.165, 1.54) is 11.3 Å². The van der Waals surface area contributed by atoms with Crippen molar-refractivity contribution in [2.75, 3.05) is 11.1 Å². The maximum Gasteiger partial charge on any atom is 0.296 e. The van der Waals surface area contributed by atoms with E-state index in [0.717, 1.165) is 10.1 Å². The zero-order chi connectivity index (χ0) is 13.9. The summed E-state index contributed by atoms with van der Waals surface area (Å²) in [6, 6.07) is 7.25. The van der Waals surface area contributed by atoms with Crippen molar-refractivity contribution >= 4 is 45.0 Å². The molecule has 3 rings (SSSR count). The van der Waals surface area contributed by atoms with Gasteiger partial charge in [0.25, 0.3) is 5.91 Å². The Hall–Kier alpha value is -1.93. The molecule has 0 atom stereocenters. The van der Waals surface area contributed by atoms with Crippen LogP contribution < -0.4 is 5.32 Å². The highest BCUT2D eigenvalue weighted by Gasteiger charge is 2.18. The van der Waals surface area contributed by atoms with Crippen LogP contribution in [0.15, 0.2) is 33.1 Å². The van der Waals surface area contributed by atoms with Crippen LogP contribution in [-0.4, -0.2) is 27.0 Å². The maximum atomic E-state index is 12.1. The number of hydrogen-bond donors (Lipinski definition) is 1. The molecule has 20 heavy (non-hydrogen) atoms. The Morgan fingerprint density at radius 1 is 1.40 bits per heavy atom. The zero-order valence-corrected chi connectivity index (χ0v) is 12.1. The summed E-state index contributed by atoms with van der Waals surface area (Å²) in [7, 11) is 0. The molecule has 0 unspecified atom stereocenters. The second kappa shape index (κ2) is 5.59. The van der Waals surface area contributed by atoms with Crippen molar-refractivity contribution in [1.82, 2.24) is 15.4 Å². The Kier molecular flexibility index (Phi) is 3.66. The first-order valence-electron chi connectivity index (χ1n) is 5.90. The van der Waals surface area contributed by atoms with Crippen LogP contribution in [0.3, 0.4) is 0 Å². The molecule has 1 N–H and O–H groups in total. The van der Waals surface area contributed by atoms with Gasteiger partial charge in [-0.3, -0.25) is 10.1 Å². The molecule has 0 aliphatic heterocycles. The largest absolute Gasteiger partial charge is 0.350 e. The van der Waals surface area contributed by atoms with Gasteiger partial charge in [-0.2, -0.15) is 0 Å². The third-order valence-corrected chi connectivity index (χ3v) is 4.34. The number of hydrogen-bond acceptors (Lipinski definition) is 7. The lowest BCUT2D eigenvalue weighted by Crippen LogP contribution is -2.11. The summed E-state index contributed by atoms with van der Waals surface area (Å²) in [5.74, 6) is 0.721. The van der Waals surface area contributed by atoms with E-state index in [9.17, 15) is 4.79 Å². The molecular formula is C12H10N4O2S2. The molecule has 1 amide bonds. The van der Waals surface area contributed by atoms with Gasteiger partial charge < -0.3 is 4.52 Å². The molecule has 0 saturated carbocycles. The number of carbonyl (C=O) groups excluding carboxylic acids is 1. The van der Waals surface area contributed by atoms with Gasteiger partial charge in [0, 0.05) is 0 Å². The highest BCUT2D eigenvalue weighted by Crippen LogP contribution is 2.26. The standard InChI is InChI=1S/C12H10N4O2S2/c1-2-19-12-15-14-11(20-12)13-10(17)9-7-5-3-4-6-8(7)16-18-9/h3-6H,2H2,1H3,(H,13,14,17). The lowest BCUT2D eigenvalue weighted by atomic mass is 10.2. The van der Waals surface area contributed by atoms with Crippen molar-refractivity contribution < 1.29 is 9.32 Å². The molecule has 0 spiro atoms. The van der Waals surface area contributed by atoms with Crippen LogP contribution >= 0.6 is 23.1 Å². The first-order chi connectivity index (χ1) is 9.78. The predicted octanol–water partition coefficient (Wildman–Crippen LogP) is 3.04. The average Bonchev–Trinajstić information content (AvgIpc) is 3.06. The normalized spacial score (nSPS) is 10.8. The molecule has 0 bridgehead atoms. The third-order valence-electron chi connectivity index (χ3n) is 2.48. The minimum atomic E-state index is -0.372. The van der Waals surface area contributed by atoms with Crippen molar-refractivity contribution in [2.24, 2.45) is 0 Å². The molecular weight excluding hydrogens is 296 g/mol. The van der Waals surface area contributed by atoms with Gasteiger partial charge in [-0.15, -0.1) is 10.2 Å². The van der Waals surface area contributed by atoms with E-state index in [4.69, 9.17) is 4.52 Å². The monoisotopic (exact) mass is 306 g/mol. The van der Waals surface area contributed by atoms with E-state index in [1.807, 2.05) is 19.1 Å². The number of rotatable bonds is 4. The number of nitrogens with zero attached hydrogens (tertiary/aromatic N) is 3. The van der Waals surface area contributed by atoms with Crippen molar-refractivity contribution in [1.29, 1.82) is 0 Å². The van der Waals surface area contributed by atoms with Crippen LogP contribution in [0, 0.1) is 0 Å². The molecule has 3 aromatic rings. The SMILES string of the molecule is CCSc1nnc(NC(=O)c2onc3ccccc23)s1. The summed E-state index contributed by atoms with van der Waals surface area (Å²) >= 11 is 2.92. The fourth-order valence-corrected chi connectivity index (χ4v) is 3.29. The van der Waals surface area contributed by atoms with Crippen LogP contribution in [0.2, 0.25) is 0 Å². The number of nitrogens with one attached hydrogen (secondary N) is 1. The van der Waals surface area contributed by atoms with Crippen molar-refractivity contribution in [3.63, 3.8) is 0 Å². The summed E-state index contributed by atoms with van der Waals surface area (Å²) in [6.07, 6.45) is 0. The fourth-order valence-electron chi connectivity index (χ4n) is 1.65. The second-order valence-electron chi connectivity index (χ2n) is 3.79. The molecule has 2 heterocycles. The van der Waals surface area contributed by atoms with Gasteiger partial charge in [0.15, 0.2) is 4.34 Å². The van der Waals surface area contributed by atoms with Gasteiger partial charge in [0.05, 0.1) is 5.39 Å². The second-order valence-corrected chi connectivity index (χ2v) is 6.28. The van der Waals surface area contributed by atoms with Crippen molar-refractivity contribution in [2.45, 2.75) is 11.3 Å². The molecule has 6 nitrogen and oxygen atoms in total. The van der Waals surface area contributed by atoms with Gasteiger partial charge in [-0.05, 0) is 17.9 Å². The number of aromatic nitrogens is 3. The molecule has 0 radical (unpaired) electrons. The van der Waals surface area contributed by atoms with Gasteiger partial charge in [0.2, 0.25) is 10.9 Å². The Morgan fingerprint density at radius 3 is 3.10 bits per heavy atom. The van der Waals surface area contributed by atoms with Gasteiger partial charge in [-0.25, -0.2) is 0 Å². The van der Waals surface area contributed by atoms with Gasteiger partial charge >= 0.3 is 0 Å². The van der Waals surface area contributed by atoms with Crippen LogP contribution in [-0.2, 0) is 0 Å². The Balaban J connectivity index is 1.81. The topological polar surface area (TPSA) is 80.9 Å². The average molecular weight is 306 g/mol. The zero-order valence-electron chi connectivity index (χ0n) is 10.5. The highest BCUT2D eigenvalue weighted by molar-refractivity contribution is 8.01. The predicted molar refractivity (Wildman–Crippen MR) is 78.3 cm³/mol. The lowest BCUT2D eigenvalue weighted by Gasteiger charge is -1.96. The van der Waals surface area contributed by atoms with E-state index in [2.05, 4.69) is 20.7 Å². The number of anilines is 1. The van der Waals surface area contributed by atoms with E-state index < -0.39 is 0 Å². The smallest absolute Gasteiger partial charge is 0.296 e. The summed E-state index contributed by atoms with van der Waals surface area (Å²) < 4.78 is 5.92. The quantitative estimate of drug-likeness (QED) is 0.589. The van der Waals surface area contributed by atoms with E-state index in [1.54, 1.807) is 23.9 Å². The van der Waals surface area contributed by atoms with E-state index >= 15 is 0 Å². The van der Waals surface area contributed by atoms with E-state index in [-0.39, 0.29) is 11.7 Å². The number of thioether (sulfide) groups is 1. The Labute approximate surface area is 122 Å². The Bertz CT molecular complexity index is 753. The molecule has 0 aliphatic rings. The summed E-state index contributed by atoms with van der Waals surface area (Å²) in [4.78, 5) is 12.1. The maximum absolute atomic E-state index is 12.1. The first-order valence-corrected chi connectivity index (χ1v) is 7.70. The van der Waals surface area contributed by atoms with Gasteiger partial charge in [0.1, 0.15) is 5.52 Å². The minimum Gasteiger partial charge on any atom is -0.350 e. The molecule has 1 aromatic carbocycles. The van der Waals surface area contributed by atoms with Crippen LogP contribution in [0.5, 0.6) is 0 Å². The number of amides is 1. The van der Waals surface area contributed by atoms with Gasteiger partial charge in [-0.1, -0.05) is 47.3 Å². The highest BCUT2D eigenvalue weighted by atomic mass is 32.2. The van der Waals surface area contributed by atoms with Crippen LogP contribution in [0.25, 0.3) is 10.9 Å². The number of carbonyl (C=O) groups is 1. The number of fused-ring (bicyclic) bond motifs is 1. The summed E-state index contributed by atoms with van der Waals surface area (Å²) in [6.45, 7) is 2.03.